The molecule has 0 aromatic heterocycles. The average Bonchev–Trinajstić information content (AvgIpc) is 2.47. The Labute approximate surface area is 120 Å². The molecule has 0 atom stereocenters. The minimum atomic E-state index is -0.00485. The van der Waals surface area contributed by atoms with Gasteiger partial charge in [-0.3, -0.25) is 4.79 Å². The maximum absolute atomic E-state index is 11.8. The van der Waals surface area contributed by atoms with E-state index in [1.807, 2.05) is 44.2 Å². The van der Waals surface area contributed by atoms with E-state index in [1.165, 1.54) is 5.56 Å². The second-order valence-electron chi connectivity index (χ2n) is 4.93. The van der Waals surface area contributed by atoms with E-state index in [4.69, 9.17) is 0 Å². The van der Waals surface area contributed by atoms with Crippen molar-refractivity contribution >= 4 is 11.6 Å². The van der Waals surface area contributed by atoms with Crippen LogP contribution in [0.2, 0.25) is 0 Å². The van der Waals surface area contributed by atoms with Crippen molar-refractivity contribution in [2.24, 2.45) is 0 Å². The molecule has 0 aliphatic heterocycles. The first-order valence-electron chi connectivity index (χ1n) is 6.77. The lowest BCUT2D eigenvalue weighted by molar-refractivity contribution is -0.119. The van der Waals surface area contributed by atoms with Gasteiger partial charge in [0, 0.05) is 12.2 Å². The highest BCUT2D eigenvalue weighted by Crippen LogP contribution is 2.15. The second-order valence-corrected chi connectivity index (χ2v) is 4.93. The van der Waals surface area contributed by atoms with Gasteiger partial charge >= 0.3 is 0 Å². The number of carbonyl (C=O) groups excluding carboxylic acids is 1. The van der Waals surface area contributed by atoms with Crippen LogP contribution < -0.4 is 10.6 Å². The van der Waals surface area contributed by atoms with Crippen molar-refractivity contribution < 1.29 is 4.79 Å². The topological polar surface area (TPSA) is 41.1 Å². The molecule has 0 radical (unpaired) electrons. The average molecular weight is 268 g/mol. The monoisotopic (exact) mass is 268 g/mol. The Kier molecular flexibility index (Phi) is 4.77. The first-order chi connectivity index (χ1) is 9.65. The van der Waals surface area contributed by atoms with Crippen molar-refractivity contribution in [1.82, 2.24) is 5.32 Å². The number of hydrogen-bond acceptors (Lipinski definition) is 2. The Morgan fingerprint density at radius 3 is 2.55 bits per heavy atom. The van der Waals surface area contributed by atoms with E-state index < -0.39 is 0 Å². The van der Waals surface area contributed by atoms with Crippen LogP contribution in [0.3, 0.4) is 0 Å². The van der Waals surface area contributed by atoms with Gasteiger partial charge < -0.3 is 10.6 Å². The SMILES string of the molecule is Cc1ccc(C)c(NCC(=O)NCc2ccccc2)c1. The fraction of sp³-hybridized carbons (Fsp3) is 0.235. The summed E-state index contributed by atoms with van der Waals surface area (Å²) in [5, 5.41) is 6.08. The molecule has 0 aliphatic rings. The maximum atomic E-state index is 11.8. The van der Waals surface area contributed by atoms with Gasteiger partial charge in [-0.1, -0.05) is 42.5 Å². The molecule has 104 valence electrons. The van der Waals surface area contributed by atoms with E-state index >= 15 is 0 Å². The second kappa shape index (κ2) is 6.75. The van der Waals surface area contributed by atoms with Crippen LogP contribution in [0, 0.1) is 13.8 Å². The molecule has 0 saturated heterocycles. The molecule has 0 fully saturated rings. The lowest BCUT2D eigenvalue weighted by Crippen LogP contribution is -2.29. The van der Waals surface area contributed by atoms with Crippen molar-refractivity contribution in [3.8, 4) is 0 Å². The van der Waals surface area contributed by atoms with E-state index in [1.54, 1.807) is 0 Å². The molecule has 0 spiro atoms. The first kappa shape index (κ1) is 14.1. The van der Waals surface area contributed by atoms with Crippen LogP contribution in [-0.4, -0.2) is 12.5 Å². The fourth-order valence-electron chi connectivity index (χ4n) is 1.96. The Hall–Kier alpha value is -2.29. The van der Waals surface area contributed by atoms with Crippen LogP contribution in [0.15, 0.2) is 48.5 Å². The molecule has 0 bridgehead atoms. The number of amides is 1. The lowest BCUT2D eigenvalue weighted by Gasteiger charge is -2.11. The van der Waals surface area contributed by atoms with Crippen molar-refractivity contribution in [2.45, 2.75) is 20.4 Å². The quantitative estimate of drug-likeness (QED) is 0.875. The van der Waals surface area contributed by atoms with E-state index in [-0.39, 0.29) is 12.5 Å². The zero-order valence-electron chi connectivity index (χ0n) is 11.9. The minimum absolute atomic E-state index is 0.00485. The fourth-order valence-corrected chi connectivity index (χ4v) is 1.96. The molecule has 20 heavy (non-hydrogen) atoms. The molecular weight excluding hydrogens is 248 g/mol. The summed E-state index contributed by atoms with van der Waals surface area (Å²) in [4.78, 5) is 11.8. The summed E-state index contributed by atoms with van der Waals surface area (Å²) >= 11 is 0. The van der Waals surface area contributed by atoms with Crippen LogP contribution in [0.1, 0.15) is 16.7 Å². The third-order valence-electron chi connectivity index (χ3n) is 3.16. The van der Waals surface area contributed by atoms with Gasteiger partial charge in [-0.15, -0.1) is 0 Å². The molecule has 0 saturated carbocycles. The summed E-state index contributed by atoms with van der Waals surface area (Å²) in [5.41, 5.74) is 4.45. The summed E-state index contributed by atoms with van der Waals surface area (Å²) in [6.07, 6.45) is 0. The van der Waals surface area contributed by atoms with Crippen molar-refractivity contribution in [3.63, 3.8) is 0 Å². The van der Waals surface area contributed by atoms with Gasteiger partial charge in [0.05, 0.1) is 6.54 Å². The number of aryl methyl sites for hydroxylation is 2. The Bertz CT molecular complexity index is 579. The highest BCUT2D eigenvalue weighted by atomic mass is 16.1. The zero-order valence-corrected chi connectivity index (χ0v) is 11.9. The number of rotatable bonds is 5. The maximum Gasteiger partial charge on any atom is 0.239 e. The summed E-state index contributed by atoms with van der Waals surface area (Å²) in [5.74, 6) is -0.00485. The molecule has 2 aromatic carbocycles. The van der Waals surface area contributed by atoms with Crippen LogP contribution in [0.25, 0.3) is 0 Å². The van der Waals surface area contributed by atoms with Gasteiger partial charge in [0.25, 0.3) is 0 Å². The standard InChI is InChI=1S/C17H20N2O/c1-13-8-9-14(2)16(10-13)18-12-17(20)19-11-15-6-4-3-5-7-15/h3-10,18H,11-12H2,1-2H3,(H,19,20). The Morgan fingerprint density at radius 1 is 1.05 bits per heavy atom. The summed E-state index contributed by atoms with van der Waals surface area (Å²) < 4.78 is 0. The van der Waals surface area contributed by atoms with E-state index in [2.05, 4.69) is 28.8 Å². The molecular formula is C17H20N2O. The third-order valence-corrected chi connectivity index (χ3v) is 3.16. The van der Waals surface area contributed by atoms with E-state index in [0.717, 1.165) is 16.8 Å². The first-order valence-corrected chi connectivity index (χ1v) is 6.77. The van der Waals surface area contributed by atoms with Crippen LogP contribution in [-0.2, 0) is 11.3 Å². The number of benzene rings is 2. The van der Waals surface area contributed by atoms with Gasteiger partial charge in [0.2, 0.25) is 5.91 Å². The smallest absolute Gasteiger partial charge is 0.239 e. The van der Waals surface area contributed by atoms with Gasteiger partial charge in [0.15, 0.2) is 0 Å². The number of hydrogen-bond donors (Lipinski definition) is 2. The molecule has 2 N–H and O–H groups in total. The number of anilines is 1. The summed E-state index contributed by atoms with van der Waals surface area (Å²) in [7, 11) is 0. The highest BCUT2D eigenvalue weighted by molar-refractivity contribution is 5.81. The zero-order chi connectivity index (χ0) is 14.4. The molecule has 2 aromatic rings. The third kappa shape index (κ3) is 4.12. The van der Waals surface area contributed by atoms with Crippen molar-refractivity contribution in [2.75, 3.05) is 11.9 Å². The molecule has 1 amide bonds. The Morgan fingerprint density at radius 2 is 1.80 bits per heavy atom. The normalized spacial score (nSPS) is 10.1. The van der Waals surface area contributed by atoms with Crippen molar-refractivity contribution in [3.05, 3.63) is 65.2 Å². The molecule has 3 nitrogen and oxygen atoms in total. The molecule has 3 heteroatoms. The van der Waals surface area contributed by atoms with Gasteiger partial charge in [-0.25, -0.2) is 0 Å². The summed E-state index contributed by atoms with van der Waals surface area (Å²) in [6.45, 7) is 4.93. The summed E-state index contributed by atoms with van der Waals surface area (Å²) in [6, 6.07) is 16.1. The van der Waals surface area contributed by atoms with E-state index in [9.17, 15) is 4.79 Å². The van der Waals surface area contributed by atoms with Gasteiger partial charge in [-0.2, -0.15) is 0 Å². The van der Waals surface area contributed by atoms with Crippen LogP contribution in [0.5, 0.6) is 0 Å². The molecule has 2 rings (SSSR count). The minimum Gasteiger partial charge on any atom is -0.376 e. The van der Waals surface area contributed by atoms with Crippen LogP contribution >= 0.6 is 0 Å². The number of nitrogens with one attached hydrogen (secondary N) is 2. The van der Waals surface area contributed by atoms with Gasteiger partial charge in [-0.05, 0) is 36.6 Å². The largest absolute Gasteiger partial charge is 0.376 e. The lowest BCUT2D eigenvalue weighted by atomic mass is 10.1. The number of carbonyl (C=O) groups is 1. The van der Waals surface area contributed by atoms with Crippen LogP contribution in [0.4, 0.5) is 5.69 Å². The predicted octanol–water partition coefficient (Wildman–Crippen LogP) is 3.03. The van der Waals surface area contributed by atoms with Crippen molar-refractivity contribution in [1.29, 1.82) is 0 Å². The van der Waals surface area contributed by atoms with Gasteiger partial charge in [0.1, 0.15) is 0 Å². The molecule has 0 aliphatic carbocycles. The Balaban J connectivity index is 1.82. The molecule has 0 unspecified atom stereocenters. The molecule has 0 heterocycles. The predicted molar refractivity (Wildman–Crippen MR) is 82.7 cm³/mol. The van der Waals surface area contributed by atoms with E-state index in [0.29, 0.717) is 6.54 Å². The highest BCUT2D eigenvalue weighted by Gasteiger charge is 2.03.